The predicted molar refractivity (Wildman–Crippen MR) is 92.1 cm³/mol. The summed E-state index contributed by atoms with van der Waals surface area (Å²) in [5, 5.41) is 3.72. The smallest absolute Gasteiger partial charge is 0.132 e. The number of nitrogens with zero attached hydrogens (tertiary/aromatic N) is 1. The van der Waals surface area contributed by atoms with E-state index in [0.29, 0.717) is 5.56 Å². The molecule has 0 saturated heterocycles. The van der Waals surface area contributed by atoms with Crippen molar-refractivity contribution in [2.24, 2.45) is 0 Å². The van der Waals surface area contributed by atoms with Gasteiger partial charge in [-0.1, -0.05) is 42.5 Å². The van der Waals surface area contributed by atoms with Gasteiger partial charge in [0.15, 0.2) is 0 Å². The SMILES string of the molecule is Fc1ccccc1-c1nc2ccc3ccccc3c2c2c1CC2. The lowest BCUT2D eigenvalue weighted by molar-refractivity contribution is 0.630. The molecule has 0 fully saturated rings. The van der Waals surface area contributed by atoms with Gasteiger partial charge in [-0.3, -0.25) is 0 Å². The Kier molecular flexibility index (Phi) is 2.57. The standard InChI is InChI=1S/C21H14FN/c22-18-8-4-3-7-17(18)21-16-11-10-15(16)20-14-6-2-1-5-13(14)9-12-19(20)23-21/h1-9,12H,10-11H2. The number of pyridine rings is 1. The van der Waals surface area contributed by atoms with Crippen LogP contribution in [0.1, 0.15) is 11.1 Å². The van der Waals surface area contributed by atoms with Crippen molar-refractivity contribution in [2.45, 2.75) is 12.8 Å². The summed E-state index contributed by atoms with van der Waals surface area (Å²) in [5.74, 6) is -0.200. The summed E-state index contributed by atoms with van der Waals surface area (Å²) in [6.45, 7) is 0. The van der Waals surface area contributed by atoms with E-state index in [2.05, 4.69) is 36.4 Å². The Bertz CT molecular complexity index is 1080. The molecule has 0 radical (unpaired) electrons. The first-order valence-electron chi connectivity index (χ1n) is 7.91. The highest BCUT2D eigenvalue weighted by atomic mass is 19.1. The summed E-state index contributed by atoms with van der Waals surface area (Å²) in [5.41, 5.74) is 4.93. The minimum atomic E-state index is -0.200. The zero-order chi connectivity index (χ0) is 15.4. The van der Waals surface area contributed by atoms with Crippen LogP contribution < -0.4 is 0 Å². The summed E-state index contributed by atoms with van der Waals surface area (Å²) in [6.07, 6.45) is 2.02. The zero-order valence-corrected chi connectivity index (χ0v) is 12.5. The molecule has 0 amide bonds. The van der Waals surface area contributed by atoms with Gasteiger partial charge >= 0.3 is 0 Å². The minimum absolute atomic E-state index is 0.200. The summed E-state index contributed by atoms with van der Waals surface area (Å²) >= 11 is 0. The average Bonchev–Trinajstić information content (AvgIpc) is 2.55. The van der Waals surface area contributed by atoms with Crippen molar-refractivity contribution < 1.29 is 4.39 Å². The van der Waals surface area contributed by atoms with Crippen LogP contribution in [0.3, 0.4) is 0 Å². The first-order chi connectivity index (χ1) is 11.3. The maximum absolute atomic E-state index is 14.2. The summed E-state index contributed by atoms with van der Waals surface area (Å²) < 4.78 is 14.2. The van der Waals surface area contributed by atoms with E-state index < -0.39 is 0 Å². The summed E-state index contributed by atoms with van der Waals surface area (Å²) in [7, 11) is 0. The number of rotatable bonds is 1. The fourth-order valence-corrected chi connectivity index (χ4v) is 3.65. The van der Waals surface area contributed by atoms with Gasteiger partial charge in [0.25, 0.3) is 0 Å². The van der Waals surface area contributed by atoms with E-state index >= 15 is 0 Å². The molecule has 23 heavy (non-hydrogen) atoms. The van der Waals surface area contributed by atoms with Crippen molar-refractivity contribution in [3.8, 4) is 11.3 Å². The summed E-state index contributed by atoms with van der Waals surface area (Å²) in [6, 6.07) is 19.5. The molecule has 0 spiro atoms. The zero-order valence-electron chi connectivity index (χ0n) is 12.5. The first kappa shape index (κ1) is 12.8. The number of hydrogen-bond donors (Lipinski definition) is 0. The molecular formula is C21H14FN. The molecule has 0 atom stereocenters. The van der Waals surface area contributed by atoms with E-state index in [0.717, 1.165) is 24.1 Å². The number of fused-ring (bicyclic) bond motifs is 5. The number of halogens is 1. The van der Waals surface area contributed by atoms with Crippen molar-refractivity contribution in [1.82, 2.24) is 4.98 Å². The molecule has 1 aromatic heterocycles. The topological polar surface area (TPSA) is 12.9 Å². The Balaban J connectivity index is 1.90. The van der Waals surface area contributed by atoms with Gasteiger partial charge in [0.2, 0.25) is 0 Å². The molecule has 0 saturated carbocycles. The Labute approximate surface area is 133 Å². The molecule has 1 heterocycles. The van der Waals surface area contributed by atoms with E-state index in [1.165, 1.54) is 33.4 Å². The highest BCUT2D eigenvalue weighted by molar-refractivity contribution is 6.09. The largest absolute Gasteiger partial charge is 0.247 e. The van der Waals surface area contributed by atoms with Crippen LogP contribution in [0, 0.1) is 5.82 Å². The van der Waals surface area contributed by atoms with Crippen LogP contribution in [0.2, 0.25) is 0 Å². The lowest BCUT2D eigenvalue weighted by atomic mass is 9.81. The number of aryl methyl sites for hydroxylation is 1. The van der Waals surface area contributed by atoms with Crippen LogP contribution in [-0.4, -0.2) is 4.98 Å². The molecular weight excluding hydrogens is 285 g/mol. The summed E-state index contributed by atoms with van der Waals surface area (Å²) in [4.78, 5) is 4.83. The van der Waals surface area contributed by atoms with Gasteiger partial charge < -0.3 is 0 Å². The quantitative estimate of drug-likeness (QED) is 0.435. The van der Waals surface area contributed by atoms with Crippen LogP contribution in [0.5, 0.6) is 0 Å². The molecule has 2 heteroatoms. The lowest BCUT2D eigenvalue weighted by Crippen LogP contribution is -2.13. The average molecular weight is 299 g/mol. The molecule has 1 nitrogen and oxygen atoms in total. The van der Waals surface area contributed by atoms with E-state index in [4.69, 9.17) is 4.98 Å². The second-order valence-corrected chi connectivity index (χ2v) is 6.08. The van der Waals surface area contributed by atoms with Gasteiger partial charge in [-0.15, -0.1) is 0 Å². The third-order valence-corrected chi connectivity index (χ3v) is 4.85. The molecule has 110 valence electrons. The van der Waals surface area contributed by atoms with E-state index in [1.807, 2.05) is 12.1 Å². The third-order valence-electron chi connectivity index (χ3n) is 4.85. The monoisotopic (exact) mass is 299 g/mol. The van der Waals surface area contributed by atoms with Gasteiger partial charge in [0, 0.05) is 10.9 Å². The van der Waals surface area contributed by atoms with Gasteiger partial charge in [-0.2, -0.15) is 0 Å². The Hall–Kier alpha value is -2.74. The second kappa shape index (κ2) is 4.63. The number of benzene rings is 3. The van der Waals surface area contributed by atoms with Crippen LogP contribution >= 0.6 is 0 Å². The van der Waals surface area contributed by atoms with E-state index in [1.54, 1.807) is 6.07 Å². The van der Waals surface area contributed by atoms with Crippen LogP contribution in [0.25, 0.3) is 32.9 Å². The molecule has 4 aromatic rings. The highest BCUT2D eigenvalue weighted by Crippen LogP contribution is 2.40. The maximum Gasteiger partial charge on any atom is 0.132 e. The molecule has 1 aliphatic rings. The van der Waals surface area contributed by atoms with Crippen molar-refractivity contribution in [3.05, 3.63) is 77.6 Å². The normalized spacial score (nSPS) is 13.1. The molecule has 1 aliphatic carbocycles. The molecule has 0 unspecified atom stereocenters. The van der Waals surface area contributed by atoms with Crippen LogP contribution in [0.4, 0.5) is 4.39 Å². The molecule has 5 rings (SSSR count). The van der Waals surface area contributed by atoms with Gasteiger partial charge in [0.1, 0.15) is 5.82 Å². The van der Waals surface area contributed by atoms with Gasteiger partial charge in [-0.25, -0.2) is 9.37 Å². The lowest BCUT2D eigenvalue weighted by Gasteiger charge is -2.25. The highest BCUT2D eigenvalue weighted by Gasteiger charge is 2.25. The van der Waals surface area contributed by atoms with Crippen molar-refractivity contribution in [1.29, 1.82) is 0 Å². The second-order valence-electron chi connectivity index (χ2n) is 6.08. The molecule has 3 aromatic carbocycles. The predicted octanol–water partition coefficient (Wildman–Crippen LogP) is 5.29. The fraction of sp³-hybridized carbons (Fsp3) is 0.0952. The third kappa shape index (κ3) is 1.75. The molecule has 0 aliphatic heterocycles. The Morgan fingerprint density at radius 1 is 0.783 bits per heavy atom. The number of hydrogen-bond acceptors (Lipinski definition) is 1. The van der Waals surface area contributed by atoms with Crippen molar-refractivity contribution in [3.63, 3.8) is 0 Å². The Morgan fingerprint density at radius 2 is 1.57 bits per heavy atom. The van der Waals surface area contributed by atoms with E-state index in [-0.39, 0.29) is 5.82 Å². The first-order valence-corrected chi connectivity index (χ1v) is 7.91. The van der Waals surface area contributed by atoms with Crippen molar-refractivity contribution >= 4 is 21.7 Å². The van der Waals surface area contributed by atoms with E-state index in [9.17, 15) is 4.39 Å². The van der Waals surface area contributed by atoms with Gasteiger partial charge in [-0.05, 0) is 52.9 Å². The fourth-order valence-electron chi connectivity index (χ4n) is 3.65. The molecule has 0 N–H and O–H groups in total. The molecule has 0 bridgehead atoms. The van der Waals surface area contributed by atoms with Gasteiger partial charge in [0.05, 0.1) is 11.2 Å². The Morgan fingerprint density at radius 3 is 2.39 bits per heavy atom. The van der Waals surface area contributed by atoms with Crippen LogP contribution in [0.15, 0.2) is 60.7 Å². The number of aromatic nitrogens is 1. The minimum Gasteiger partial charge on any atom is -0.247 e. The van der Waals surface area contributed by atoms with Crippen LogP contribution in [-0.2, 0) is 12.8 Å². The maximum atomic E-state index is 14.2. The van der Waals surface area contributed by atoms with Crippen molar-refractivity contribution in [2.75, 3.05) is 0 Å².